The number of carbonyl (C=O) groups excluding carboxylic acids is 1. The number of likely N-dealkylation sites (tertiary alicyclic amines) is 1. The lowest BCUT2D eigenvalue weighted by Crippen LogP contribution is -2.39. The average molecular weight is 291 g/mol. The number of carbonyl (C=O) groups is 1. The van der Waals surface area contributed by atoms with Gasteiger partial charge in [0, 0.05) is 31.5 Å². The lowest BCUT2D eigenvalue weighted by Gasteiger charge is -2.31. The van der Waals surface area contributed by atoms with Crippen molar-refractivity contribution in [1.82, 2.24) is 4.90 Å². The van der Waals surface area contributed by atoms with Crippen LogP contribution in [0.1, 0.15) is 25.7 Å². The van der Waals surface area contributed by atoms with Gasteiger partial charge in [-0.05, 0) is 56.6 Å². The van der Waals surface area contributed by atoms with Crippen molar-refractivity contribution in [1.29, 1.82) is 0 Å². The van der Waals surface area contributed by atoms with Crippen LogP contribution in [-0.4, -0.2) is 43.7 Å². The Labute approximate surface area is 126 Å². The van der Waals surface area contributed by atoms with Gasteiger partial charge in [-0.25, -0.2) is 0 Å². The van der Waals surface area contributed by atoms with E-state index in [9.17, 15) is 4.79 Å². The molecule has 1 heterocycles. The van der Waals surface area contributed by atoms with Crippen molar-refractivity contribution < 1.29 is 9.53 Å². The predicted molar refractivity (Wildman–Crippen MR) is 85.2 cm³/mol. The topological polar surface area (TPSA) is 67.6 Å². The fourth-order valence-electron chi connectivity index (χ4n) is 2.66. The highest BCUT2D eigenvalue weighted by Crippen LogP contribution is 2.14. The Kier molecular flexibility index (Phi) is 6.02. The number of anilines is 2. The van der Waals surface area contributed by atoms with E-state index >= 15 is 0 Å². The minimum atomic E-state index is 0.0556. The number of hydrogen-bond donors (Lipinski definition) is 2. The van der Waals surface area contributed by atoms with Crippen LogP contribution in [-0.2, 0) is 9.53 Å². The largest absolute Gasteiger partial charge is 0.399 e. The molecule has 0 radical (unpaired) electrons. The summed E-state index contributed by atoms with van der Waals surface area (Å²) in [5.74, 6) is 0.0556. The molecule has 1 atom stereocenters. The zero-order valence-electron chi connectivity index (χ0n) is 12.7. The van der Waals surface area contributed by atoms with Crippen LogP contribution in [0.4, 0.5) is 11.4 Å². The van der Waals surface area contributed by atoms with Gasteiger partial charge in [0.2, 0.25) is 5.91 Å². The number of hydrogen-bond acceptors (Lipinski definition) is 4. The van der Waals surface area contributed by atoms with Crippen molar-refractivity contribution in [2.24, 2.45) is 0 Å². The van der Waals surface area contributed by atoms with E-state index in [0.29, 0.717) is 18.2 Å². The molecular weight excluding hydrogens is 266 g/mol. The molecule has 2 rings (SSSR count). The maximum atomic E-state index is 11.9. The van der Waals surface area contributed by atoms with Gasteiger partial charge < -0.3 is 20.7 Å². The smallest absolute Gasteiger partial charge is 0.224 e. The van der Waals surface area contributed by atoms with Crippen molar-refractivity contribution >= 4 is 17.3 Å². The maximum absolute atomic E-state index is 11.9. The van der Waals surface area contributed by atoms with Gasteiger partial charge in [-0.1, -0.05) is 0 Å². The third kappa shape index (κ3) is 5.36. The van der Waals surface area contributed by atoms with E-state index in [1.54, 1.807) is 19.2 Å². The van der Waals surface area contributed by atoms with Gasteiger partial charge in [-0.3, -0.25) is 4.79 Å². The summed E-state index contributed by atoms with van der Waals surface area (Å²) in [6.45, 7) is 3.05. The van der Waals surface area contributed by atoms with Crippen LogP contribution in [0.2, 0.25) is 0 Å². The summed E-state index contributed by atoms with van der Waals surface area (Å²) in [6, 6.07) is 7.21. The highest BCUT2D eigenvalue weighted by molar-refractivity contribution is 5.90. The number of nitrogens with zero attached hydrogens (tertiary/aromatic N) is 1. The molecule has 0 aliphatic carbocycles. The van der Waals surface area contributed by atoms with Gasteiger partial charge >= 0.3 is 0 Å². The standard InChI is InChI=1S/C16H25N3O2/c1-21-15-4-2-10-19(12-15)11-3-5-16(20)18-14-8-6-13(17)7-9-14/h6-9,15H,2-5,10-12,17H2,1H3,(H,18,20). The summed E-state index contributed by atoms with van der Waals surface area (Å²) in [6.07, 6.45) is 4.08. The third-order valence-corrected chi connectivity index (χ3v) is 3.87. The van der Waals surface area contributed by atoms with Crippen molar-refractivity contribution in [3.05, 3.63) is 24.3 Å². The number of benzene rings is 1. The molecule has 5 nitrogen and oxygen atoms in total. The van der Waals surface area contributed by atoms with Crippen LogP contribution in [0.25, 0.3) is 0 Å². The number of ether oxygens (including phenoxy) is 1. The van der Waals surface area contributed by atoms with E-state index in [2.05, 4.69) is 10.2 Å². The molecule has 3 N–H and O–H groups in total. The van der Waals surface area contributed by atoms with Crippen LogP contribution < -0.4 is 11.1 Å². The fraction of sp³-hybridized carbons (Fsp3) is 0.562. The first-order valence-electron chi connectivity index (χ1n) is 7.58. The number of amides is 1. The summed E-state index contributed by atoms with van der Waals surface area (Å²) in [5.41, 5.74) is 7.11. The van der Waals surface area contributed by atoms with Crippen LogP contribution >= 0.6 is 0 Å². The quantitative estimate of drug-likeness (QED) is 0.788. The minimum absolute atomic E-state index is 0.0556. The molecule has 1 amide bonds. The lowest BCUT2D eigenvalue weighted by atomic mass is 10.1. The molecule has 0 bridgehead atoms. The van der Waals surface area contributed by atoms with E-state index < -0.39 is 0 Å². The van der Waals surface area contributed by atoms with E-state index in [0.717, 1.165) is 38.2 Å². The highest BCUT2D eigenvalue weighted by Gasteiger charge is 2.18. The SMILES string of the molecule is COC1CCCN(CCCC(=O)Nc2ccc(N)cc2)C1. The second kappa shape index (κ2) is 8.00. The summed E-state index contributed by atoms with van der Waals surface area (Å²) in [7, 11) is 1.77. The Balaban J connectivity index is 1.66. The Hall–Kier alpha value is -1.59. The molecule has 116 valence electrons. The van der Waals surface area contributed by atoms with E-state index in [1.807, 2.05) is 12.1 Å². The molecule has 21 heavy (non-hydrogen) atoms. The molecule has 1 aromatic rings. The first kappa shape index (κ1) is 15.8. The maximum Gasteiger partial charge on any atom is 0.224 e. The summed E-state index contributed by atoms with van der Waals surface area (Å²) < 4.78 is 5.41. The number of nitrogen functional groups attached to an aromatic ring is 1. The van der Waals surface area contributed by atoms with Crippen LogP contribution in [0.5, 0.6) is 0 Å². The van der Waals surface area contributed by atoms with E-state index in [-0.39, 0.29) is 5.91 Å². The fourth-order valence-corrected chi connectivity index (χ4v) is 2.66. The molecule has 1 saturated heterocycles. The van der Waals surface area contributed by atoms with Crippen molar-refractivity contribution in [3.8, 4) is 0 Å². The highest BCUT2D eigenvalue weighted by atomic mass is 16.5. The van der Waals surface area contributed by atoms with Crippen molar-refractivity contribution in [2.75, 3.05) is 37.8 Å². The predicted octanol–water partition coefficient (Wildman–Crippen LogP) is 2.10. The molecule has 0 spiro atoms. The number of piperidine rings is 1. The van der Waals surface area contributed by atoms with Crippen LogP contribution in [0.15, 0.2) is 24.3 Å². The number of nitrogens with one attached hydrogen (secondary N) is 1. The summed E-state index contributed by atoms with van der Waals surface area (Å²) >= 11 is 0. The van der Waals surface area contributed by atoms with Gasteiger partial charge in [0.25, 0.3) is 0 Å². The van der Waals surface area contributed by atoms with Crippen LogP contribution in [0, 0.1) is 0 Å². The molecule has 1 unspecified atom stereocenters. The monoisotopic (exact) mass is 291 g/mol. The van der Waals surface area contributed by atoms with Gasteiger partial charge in [-0.15, -0.1) is 0 Å². The second-order valence-corrected chi connectivity index (χ2v) is 5.57. The first-order chi connectivity index (χ1) is 10.2. The number of nitrogens with two attached hydrogens (primary N) is 1. The second-order valence-electron chi connectivity index (χ2n) is 5.57. The van der Waals surface area contributed by atoms with Gasteiger partial charge in [-0.2, -0.15) is 0 Å². The molecule has 1 fully saturated rings. The molecule has 1 aliphatic rings. The molecule has 1 aliphatic heterocycles. The zero-order chi connectivity index (χ0) is 15.1. The normalized spacial score (nSPS) is 19.4. The lowest BCUT2D eigenvalue weighted by molar-refractivity contribution is -0.116. The Morgan fingerprint density at radius 3 is 2.90 bits per heavy atom. The van der Waals surface area contributed by atoms with Crippen LogP contribution in [0.3, 0.4) is 0 Å². The molecule has 1 aromatic carbocycles. The Morgan fingerprint density at radius 1 is 1.43 bits per heavy atom. The molecule has 5 heteroatoms. The van der Waals surface area contributed by atoms with E-state index in [4.69, 9.17) is 10.5 Å². The Bertz CT molecular complexity index is 447. The van der Waals surface area contributed by atoms with Crippen molar-refractivity contribution in [3.63, 3.8) is 0 Å². The number of rotatable bonds is 6. The average Bonchev–Trinajstić information content (AvgIpc) is 2.50. The zero-order valence-corrected chi connectivity index (χ0v) is 12.7. The Morgan fingerprint density at radius 2 is 2.19 bits per heavy atom. The third-order valence-electron chi connectivity index (χ3n) is 3.87. The molecule has 0 saturated carbocycles. The van der Waals surface area contributed by atoms with Gasteiger partial charge in [0.05, 0.1) is 6.10 Å². The molecular formula is C16H25N3O2. The van der Waals surface area contributed by atoms with E-state index in [1.165, 1.54) is 6.42 Å². The van der Waals surface area contributed by atoms with Gasteiger partial charge in [0.1, 0.15) is 0 Å². The first-order valence-corrected chi connectivity index (χ1v) is 7.58. The van der Waals surface area contributed by atoms with Crippen molar-refractivity contribution in [2.45, 2.75) is 31.8 Å². The van der Waals surface area contributed by atoms with Gasteiger partial charge in [0.15, 0.2) is 0 Å². The number of methoxy groups -OCH3 is 1. The minimum Gasteiger partial charge on any atom is -0.399 e. The summed E-state index contributed by atoms with van der Waals surface area (Å²) in [5, 5.41) is 2.89. The molecule has 0 aromatic heterocycles. The summed E-state index contributed by atoms with van der Waals surface area (Å²) in [4.78, 5) is 14.3.